The minimum atomic E-state index is 0.702. The summed E-state index contributed by atoms with van der Waals surface area (Å²) in [4.78, 5) is 3.18. The van der Waals surface area contributed by atoms with Gasteiger partial charge < -0.3 is 18.3 Å². The van der Waals surface area contributed by atoms with Crippen LogP contribution in [0.4, 0.5) is 0 Å². The number of para-hydroxylation sites is 5. The number of hydrogen-bond acceptors (Lipinski definition) is 4. The number of nitrogens with zero attached hydrogens (tertiary/aromatic N) is 3. The first-order valence-corrected chi connectivity index (χ1v) is 19.4. The van der Waals surface area contributed by atoms with Crippen LogP contribution in [0.15, 0.2) is 114 Å². The van der Waals surface area contributed by atoms with Crippen LogP contribution in [0.25, 0.3) is 51.1 Å². The van der Waals surface area contributed by atoms with Crippen molar-refractivity contribution in [2.45, 2.75) is 26.9 Å². The number of benzene rings is 4. The Morgan fingerprint density at radius 3 is 1.90 bits per heavy atom. The summed E-state index contributed by atoms with van der Waals surface area (Å²) in [5, 5.41) is 2.52. The van der Waals surface area contributed by atoms with Gasteiger partial charge in [0.15, 0.2) is 0 Å². The van der Waals surface area contributed by atoms with Gasteiger partial charge in [-0.15, -0.1) is 0 Å². The first kappa shape index (κ1) is 33.6. The normalized spacial score (nSPS) is 12.4. The van der Waals surface area contributed by atoms with Crippen LogP contribution in [0.3, 0.4) is 0 Å². The van der Waals surface area contributed by atoms with Crippen molar-refractivity contribution in [1.29, 1.82) is 0 Å². The Kier molecular flexibility index (Phi) is 10.3. The molecule has 0 radical (unpaired) electrons. The SMILES string of the molecule is C[NH+]=C(/C=C/c1c(C)n(CCSSCCn2c(C)c(/C=C/c3oc4ccccc4[n+]3C)c3ccccc32)c2ccccc12)Oc1ccccc1. The molecule has 7 aromatic rings. The third-order valence-corrected chi connectivity index (χ3v) is 11.6. The summed E-state index contributed by atoms with van der Waals surface area (Å²) < 4.78 is 19.2. The molecule has 0 aliphatic carbocycles. The van der Waals surface area contributed by atoms with Gasteiger partial charge in [0.2, 0.25) is 5.58 Å². The van der Waals surface area contributed by atoms with E-state index >= 15 is 0 Å². The lowest BCUT2D eigenvalue weighted by Gasteiger charge is -2.10. The number of hydrogen-bond donors (Lipinski definition) is 1. The Labute approximate surface area is 301 Å². The molecule has 3 aromatic heterocycles. The molecule has 7 rings (SSSR count). The van der Waals surface area contributed by atoms with Crippen LogP contribution in [0.1, 0.15) is 28.4 Å². The van der Waals surface area contributed by atoms with Crippen molar-refractivity contribution in [2.24, 2.45) is 7.05 Å². The molecule has 6 nitrogen and oxygen atoms in total. The van der Waals surface area contributed by atoms with E-state index in [1.54, 1.807) is 0 Å². The Morgan fingerprint density at radius 2 is 1.28 bits per heavy atom. The third kappa shape index (κ3) is 6.91. The molecule has 0 spiro atoms. The number of oxazole rings is 1. The molecule has 0 aliphatic rings. The highest BCUT2D eigenvalue weighted by molar-refractivity contribution is 8.76. The van der Waals surface area contributed by atoms with Crippen LogP contribution >= 0.6 is 21.6 Å². The topological polar surface area (TPSA) is 50.1 Å². The molecule has 0 saturated heterocycles. The van der Waals surface area contributed by atoms with E-state index in [0.717, 1.165) is 47.3 Å². The van der Waals surface area contributed by atoms with Gasteiger partial charge in [-0.25, -0.2) is 4.99 Å². The van der Waals surface area contributed by atoms with Crippen LogP contribution in [0.5, 0.6) is 5.75 Å². The molecule has 0 bridgehead atoms. The molecule has 1 N–H and O–H groups in total. The molecule has 3 heterocycles. The number of aromatic nitrogens is 3. The Bertz CT molecular complexity index is 2360. The van der Waals surface area contributed by atoms with Crippen LogP contribution in [0.2, 0.25) is 0 Å². The minimum Gasteiger partial charge on any atom is -0.406 e. The summed E-state index contributed by atoms with van der Waals surface area (Å²) in [5.74, 6) is 4.39. The van der Waals surface area contributed by atoms with Crippen molar-refractivity contribution < 1.29 is 18.7 Å². The maximum atomic E-state index is 6.14. The van der Waals surface area contributed by atoms with Crippen molar-refractivity contribution in [3.8, 4) is 5.75 Å². The van der Waals surface area contributed by atoms with Gasteiger partial charge in [-0.3, -0.25) is 0 Å². The minimum absolute atomic E-state index is 0.702. The van der Waals surface area contributed by atoms with E-state index in [-0.39, 0.29) is 0 Å². The molecule has 50 heavy (non-hydrogen) atoms. The maximum Gasteiger partial charge on any atom is 0.373 e. The van der Waals surface area contributed by atoms with Gasteiger partial charge in [-0.2, -0.15) is 4.57 Å². The average molecular weight is 699 g/mol. The van der Waals surface area contributed by atoms with E-state index in [0.29, 0.717) is 5.90 Å². The van der Waals surface area contributed by atoms with Crippen molar-refractivity contribution in [1.82, 2.24) is 9.13 Å². The Morgan fingerprint density at radius 1 is 0.720 bits per heavy atom. The molecule has 4 aromatic carbocycles. The number of ether oxygens (including phenoxy) is 1. The highest BCUT2D eigenvalue weighted by atomic mass is 33.1. The molecule has 0 unspecified atom stereocenters. The number of aryl methyl sites for hydroxylation is 3. The zero-order valence-corrected chi connectivity index (χ0v) is 30.6. The highest BCUT2D eigenvalue weighted by Gasteiger charge is 2.18. The lowest BCUT2D eigenvalue weighted by molar-refractivity contribution is -0.651. The molecule has 252 valence electrons. The second-order valence-corrected chi connectivity index (χ2v) is 14.8. The third-order valence-electron chi connectivity index (χ3n) is 9.22. The second kappa shape index (κ2) is 15.3. The lowest BCUT2D eigenvalue weighted by Crippen LogP contribution is -2.69. The zero-order chi connectivity index (χ0) is 34.5. The number of fused-ring (bicyclic) bond motifs is 3. The Hall–Kier alpha value is -4.92. The van der Waals surface area contributed by atoms with E-state index in [9.17, 15) is 0 Å². The van der Waals surface area contributed by atoms with Crippen molar-refractivity contribution >= 4 is 78.6 Å². The zero-order valence-electron chi connectivity index (χ0n) is 28.9. The Balaban J connectivity index is 0.998. The smallest absolute Gasteiger partial charge is 0.373 e. The van der Waals surface area contributed by atoms with Crippen LogP contribution in [0, 0.1) is 13.8 Å². The second-order valence-electron chi connectivity index (χ2n) is 12.1. The van der Waals surface area contributed by atoms with Gasteiger partial charge in [0.05, 0.1) is 12.2 Å². The summed E-state index contributed by atoms with van der Waals surface area (Å²) in [5.41, 5.74) is 9.51. The lowest BCUT2D eigenvalue weighted by atomic mass is 10.1. The molecule has 0 aliphatic heterocycles. The van der Waals surface area contributed by atoms with Gasteiger partial charge in [0, 0.05) is 75.0 Å². The van der Waals surface area contributed by atoms with Gasteiger partial charge >= 0.3 is 11.8 Å². The maximum absolute atomic E-state index is 6.14. The monoisotopic (exact) mass is 698 g/mol. The van der Waals surface area contributed by atoms with Crippen molar-refractivity contribution in [3.63, 3.8) is 0 Å². The fraction of sp³-hybridized carbons (Fsp3) is 0.190. The van der Waals surface area contributed by atoms with Crippen molar-refractivity contribution in [2.75, 3.05) is 18.6 Å². The van der Waals surface area contributed by atoms with Crippen molar-refractivity contribution in [3.05, 3.63) is 138 Å². The quantitative estimate of drug-likeness (QED) is 0.0460. The first-order chi connectivity index (χ1) is 24.5. The number of nitrogens with one attached hydrogen (secondary N) is 1. The van der Waals surface area contributed by atoms with Gasteiger partial charge in [0.1, 0.15) is 19.8 Å². The molecule has 0 amide bonds. The predicted molar refractivity (Wildman–Crippen MR) is 213 cm³/mol. The fourth-order valence-electron chi connectivity index (χ4n) is 6.65. The predicted octanol–water partition coefficient (Wildman–Crippen LogP) is 8.24. The van der Waals surface area contributed by atoms with Crippen LogP contribution in [-0.2, 0) is 20.1 Å². The van der Waals surface area contributed by atoms with E-state index in [1.165, 1.54) is 44.3 Å². The summed E-state index contributed by atoms with van der Waals surface area (Å²) in [7, 11) is 7.83. The molecule has 0 fully saturated rings. The summed E-state index contributed by atoms with van der Waals surface area (Å²) in [6, 6.07) is 35.4. The largest absolute Gasteiger partial charge is 0.406 e. The molecular formula is C42H42N4O2S2+2. The molecule has 0 saturated carbocycles. The first-order valence-electron chi connectivity index (χ1n) is 16.9. The molecular weight excluding hydrogens is 657 g/mol. The van der Waals surface area contributed by atoms with Gasteiger partial charge in [0.25, 0.3) is 5.52 Å². The average Bonchev–Trinajstić information content (AvgIpc) is 3.72. The highest BCUT2D eigenvalue weighted by Crippen LogP contribution is 2.31. The van der Waals surface area contributed by atoms with Crippen LogP contribution < -0.4 is 14.3 Å². The standard InChI is InChI=1S/C42H41N4O2S2/c1-30-33(22-24-41(43-3)47-32-14-6-5-7-15-32)35-16-8-10-18-37(35)45(30)26-28-49-50-29-27-46-31(2)34(36-17-9-11-19-38(36)46)23-25-42-44(4)39-20-12-13-21-40(39)48-42/h5-25H,26-29H2,1-4H3/q+1/p+1/b24-22+,43-41?. The van der Waals surface area contributed by atoms with E-state index in [1.807, 2.05) is 83.2 Å². The summed E-state index contributed by atoms with van der Waals surface area (Å²) in [6.07, 6.45) is 8.47. The van der Waals surface area contributed by atoms with E-state index < -0.39 is 0 Å². The fourth-order valence-corrected chi connectivity index (χ4v) is 8.56. The van der Waals surface area contributed by atoms with Crippen LogP contribution in [-0.4, -0.2) is 33.6 Å². The number of rotatable bonds is 12. The summed E-state index contributed by atoms with van der Waals surface area (Å²) >= 11 is 0. The van der Waals surface area contributed by atoms with Gasteiger partial charge in [-0.1, -0.05) is 88.3 Å². The molecule has 0 atom stereocenters. The van der Waals surface area contributed by atoms with Gasteiger partial charge in [-0.05, 0) is 56.3 Å². The molecule has 8 heteroatoms. The van der Waals surface area contributed by atoms with E-state index in [4.69, 9.17) is 9.15 Å². The summed E-state index contributed by atoms with van der Waals surface area (Å²) in [6.45, 7) is 6.34. The van der Waals surface area contributed by atoms with E-state index in [2.05, 4.69) is 112 Å².